The molecule has 1 atom stereocenters. The number of halogens is 1. The Morgan fingerprint density at radius 3 is 2.41 bits per heavy atom. The topological polar surface area (TPSA) is 76.6 Å². The number of nitrogens with zero attached hydrogens (tertiary/aromatic N) is 3. The Bertz CT molecular complexity index is 1530. The van der Waals surface area contributed by atoms with Crippen LogP contribution in [0.15, 0.2) is 52.1 Å². The van der Waals surface area contributed by atoms with Gasteiger partial charge in [0.25, 0.3) is 5.56 Å². The van der Waals surface area contributed by atoms with Crippen LogP contribution in [0.4, 0.5) is 0 Å². The largest absolute Gasteiger partial charge is 0.497 e. The van der Waals surface area contributed by atoms with E-state index >= 15 is 0 Å². The lowest BCUT2D eigenvalue weighted by Crippen LogP contribution is -2.37. The van der Waals surface area contributed by atoms with Gasteiger partial charge in [-0.2, -0.15) is 0 Å². The Hall–Kier alpha value is -3.49. The Morgan fingerprint density at radius 2 is 1.74 bits per heavy atom. The molecule has 9 heteroatoms. The number of fused-ring (bicyclic) bond motifs is 3. The van der Waals surface area contributed by atoms with E-state index < -0.39 is 11.8 Å². The molecular formula is C25H24ClN3O5. The Morgan fingerprint density at radius 1 is 1.00 bits per heavy atom. The molecule has 0 spiro atoms. The summed E-state index contributed by atoms with van der Waals surface area (Å²) in [5, 5.41) is 1.06. The van der Waals surface area contributed by atoms with Gasteiger partial charge in [0.2, 0.25) is 0 Å². The third kappa shape index (κ3) is 3.25. The molecule has 0 N–H and O–H groups in total. The van der Waals surface area contributed by atoms with Crippen LogP contribution in [-0.4, -0.2) is 34.5 Å². The van der Waals surface area contributed by atoms with Crippen molar-refractivity contribution in [2.75, 3.05) is 20.8 Å². The number of hydrogen-bond donors (Lipinski definition) is 0. The minimum atomic E-state index is -0.583. The highest BCUT2D eigenvalue weighted by molar-refractivity contribution is 6.30. The lowest BCUT2D eigenvalue weighted by atomic mass is 10.0. The van der Waals surface area contributed by atoms with E-state index in [1.54, 1.807) is 33.4 Å². The van der Waals surface area contributed by atoms with Gasteiger partial charge in [0, 0.05) is 31.2 Å². The second kappa shape index (κ2) is 8.38. The zero-order chi connectivity index (χ0) is 24.1. The summed E-state index contributed by atoms with van der Waals surface area (Å²) in [5.41, 5.74) is 2.79. The molecule has 0 amide bonds. The molecule has 0 radical (unpaired) electrons. The van der Waals surface area contributed by atoms with Gasteiger partial charge in [-0.05, 0) is 35.9 Å². The van der Waals surface area contributed by atoms with E-state index in [1.807, 2.05) is 30.3 Å². The van der Waals surface area contributed by atoms with Crippen molar-refractivity contribution in [2.45, 2.75) is 12.6 Å². The second-order valence-electron chi connectivity index (χ2n) is 8.18. The van der Waals surface area contributed by atoms with Crippen LogP contribution < -0.4 is 20.7 Å². The molecule has 1 aliphatic heterocycles. The Kier molecular flexibility index (Phi) is 5.50. The van der Waals surface area contributed by atoms with Crippen molar-refractivity contribution in [3.63, 3.8) is 0 Å². The highest BCUT2D eigenvalue weighted by Gasteiger charge is 2.34. The zero-order valence-electron chi connectivity index (χ0n) is 19.3. The highest BCUT2D eigenvalue weighted by atomic mass is 35.5. The van der Waals surface area contributed by atoms with Crippen molar-refractivity contribution < 1.29 is 14.2 Å². The van der Waals surface area contributed by atoms with Crippen LogP contribution in [0.1, 0.15) is 17.4 Å². The van der Waals surface area contributed by atoms with Gasteiger partial charge in [-0.15, -0.1) is 0 Å². The average molecular weight is 482 g/mol. The van der Waals surface area contributed by atoms with Crippen molar-refractivity contribution in [1.29, 1.82) is 0 Å². The third-order valence-corrected chi connectivity index (χ3v) is 6.64. The first-order valence-electron chi connectivity index (χ1n) is 10.8. The van der Waals surface area contributed by atoms with E-state index in [0.717, 1.165) is 27.1 Å². The van der Waals surface area contributed by atoms with Gasteiger partial charge in [0.05, 0.1) is 43.1 Å². The second-order valence-corrected chi connectivity index (χ2v) is 8.62. The van der Waals surface area contributed by atoms with E-state index in [9.17, 15) is 9.59 Å². The van der Waals surface area contributed by atoms with Crippen LogP contribution in [0.5, 0.6) is 11.5 Å². The predicted molar refractivity (Wildman–Crippen MR) is 130 cm³/mol. The number of aromatic nitrogens is 3. The maximum absolute atomic E-state index is 13.5. The van der Waals surface area contributed by atoms with E-state index in [1.165, 1.54) is 11.6 Å². The highest BCUT2D eigenvalue weighted by Crippen LogP contribution is 2.43. The average Bonchev–Trinajstić information content (AvgIpc) is 3.21. The number of rotatable bonds is 4. The van der Waals surface area contributed by atoms with E-state index in [2.05, 4.69) is 4.57 Å². The van der Waals surface area contributed by atoms with Crippen LogP contribution in [-0.2, 0) is 25.4 Å². The first-order chi connectivity index (χ1) is 16.4. The Balaban J connectivity index is 1.93. The minimum absolute atomic E-state index is 0.360. The molecule has 0 aliphatic carbocycles. The lowest BCUT2D eigenvalue weighted by molar-refractivity contribution is 0.0462. The molecule has 5 rings (SSSR count). The summed E-state index contributed by atoms with van der Waals surface area (Å²) in [6.07, 6.45) is -0.583. The van der Waals surface area contributed by atoms with Gasteiger partial charge in [-0.3, -0.25) is 13.9 Å². The summed E-state index contributed by atoms with van der Waals surface area (Å²) in [4.78, 5) is 26.4. The Labute approximate surface area is 200 Å². The fourth-order valence-electron chi connectivity index (χ4n) is 4.77. The third-order valence-electron chi connectivity index (χ3n) is 6.39. The van der Waals surface area contributed by atoms with E-state index in [4.69, 9.17) is 25.8 Å². The molecule has 0 saturated heterocycles. The maximum Gasteiger partial charge on any atom is 0.331 e. The van der Waals surface area contributed by atoms with Crippen molar-refractivity contribution in [3.05, 3.63) is 79.6 Å². The molecule has 3 heterocycles. The molecule has 0 fully saturated rings. The first kappa shape index (κ1) is 22.3. The van der Waals surface area contributed by atoms with E-state index in [-0.39, 0.29) is 5.56 Å². The number of aryl methyl sites for hydroxylation is 1. The monoisotopic (exact) mass is 481 g/mol. The molecule has 2 aromatic heterocycles. The summed E-state index contributed by atoms with van der Waals surface area (Å²) in [5.74, 6) is 1.27. The summed E-state index contributed by atoms with van der Waals surface area (Å²) >= 11 is 6.14. The molecule has 0 bridgehead atoms. The number of benzene rings is 2. The molecule has 8 nitrogen and oxygen atoms in total. The van der Waals surface area contributed by atoms with Crippen LogP contribution >= 0.6 is 11.6 Å². The standard InChI is InChI=1S/C25H24ClN3O5/c1-27-21-19(24(30)28(2)25(27)31)20(14-5-7-15(26)8-6-14)29-11-12-34-23(22(21)29)17-13-16(32-3)9-10-18(17)33-4/h5-10,13,23H,11-12H2,1-4H3/t23-/m1/s1. The molecule has 1 aliphatic rings. The predicted octanol–water partition coefficient (Wildman–Crippen LogP) is 3.50. The molecule has 34 heavy (non-hydrogen) atoms. The quantitative estimate of drug-likeness (QED) is 0.446. The molecule has 2 aromatic carbocycles. The molecular weight excluding hydrogens is 458 g/mol. The normalized spacial score (nSPS) is 15.4. The summed E-state index contributed by atoms with van der Waals surface area (Å²) in [7, 11) is 6.35. The molecule has 4 aromatic rings. The van der Waals surface area contributed by atoms with Gasteiger partial charge in [0.15, 0.2) is 0 Å². The maximum atomic E-state index is 13.5. The van der Waals surface area contributed by atoms with Crippen molar-refractivity contribution in [1.82, 2.24) is 13.7 Å². The van der Waals surface area contributed by atoms with E-state index in [0.29, 0.717) is 40.6 Å². The van der Waals surface area contributed by atoms with Crippen LogP contribution in [0, 0.1) is 0 Å². The van der Waals surface area contributed by atoms with Crippen molar-refractivity contribution >= 4 is 22.5 Å². The number of ether oxygens (including phenoxy) is 3. The van der Waals surface area contributed by atoms with Gasteiger partial charge in [0.1, 0.15) is 17.6 Å². The van der Waals surface area contributed by atoms with Crippen molar-refractivity contribution in [3.8, 4) is 22.8 Å². The van der Waals surface area contributed by atoms with Gasteiger partial charge in [-0.1, -0.05) is 23.7 Å². The van der Waals surface area contributed by atoms with Crippen molar-refractivity contribution in [2.24, 2.45) is 14.1 Å². The smallest absolute Gasteiger partial charge is 0.331 e. The molecule has 0 unspecified atom stereocenters. The summed E-state index contributed by atoms with van der Waals surface area (Å²) in [6.45, 7) is 0.927. The minimum Gasteiger partial charge on any atom is -0.497 e. The molecule has 176 valence electrons. The van der Waals surface area contributed by atoms with Crippen LogP contribution in [0.3, 0.4) is 0 Å². The first-order valence-corrected chi connectivity index (χ1v) is 11.2. The van der Waals surface area contributed by atoms with Crippen LogP contribution in [0.2, 0.25) is 5.02 Å². The zero-order valence-corrected chi connectivity index (χ0v) is 20.0. The fourth-order valence-corrected chi connectivity index (χ4v) is 4.89. The fraction of sp³-hybridized carbons (Fsp3) is 0.280. The lowest BCUT2D eigenvalue weighted by Gasteiger charge is -2.29. The van der Waals surface area contributed by atoms with Gasteiger partial charge in [-0.25, -0.2) is 4.79 Å². The SMILES string of the molecule is COc1ccc(OC)c([C@H]2OCCn3c(-c4ccc(Cl)cc4)c4c(=O)n(C)c(=O)n(C)c4c32)c1. The number of hydrogen-bond acceptors (Lipinski definition) is 5. The van der Waals surface area contributed by atoms with Crippen LogP contribution in [0.25, 0.3) is 22.2 Å². The van der Waals surface area contributed by atoms with Gasteiger partial charge < -0.3 is 18.8 Å². The number of methoxy groups -OCH3 is 2. The molecule has 0 saturated carbocycles. The summed E-state index contributed by atoms with van der Waals surface area (Å²) < 4.78 is 22.1. The summed E-state index contributed by atoms with van der Waals surface area (Å²) in [6, 6.07) is 12.8. The van der Waals surface area contributed by atoms with Gasteiger partial charge >= 0.3 is 5.69 Å².